The number of benzene rings is 1. The summed E-state index contributed by atoms with van der Waals surface area (Å²) in [5, 5.41) is 13.8. The van der Waals surface area contributed by atoms with Crippen LogP contribution in [-0.2, 0) is 0 Å². The van der Waals surface area contributed by atoms with E-state index < -0.39 is 4.92 Å². The summed E-state index contributed by atoms with van der Waals surface area (Å²) in [6.07, 6.45) is 1.36. The van der Waals surface area contributed by atoms with E-state index in [0.29, 0.717) is 5.39 Å². The van der Waals surface area contributed by atoms with Crippen molar-refractivity contribution in [3.05, 3.63) is 51.1 Å². The average molecular weight is 308 g/mol. The van der Waals surface area contributed by atoms with Gasteiger partial charge >= 0.3 is 5.69 Å². The minimum absolute atomic E-state index is 0.0885. The zero-order chi connectivity index (χ0) is 14.1. The molecule has 0 radical (unpaired) electrons. The van der Waals surface area contributed by atoms with Crippen molar-refractivity contribution in [2.24, 2.45) is 0 Å². The minimum atomic E-state index is -0.548. The van der Waals surface area contributed by atoms with E-state index in [4.69, 9.17) is 16.3 Å². The van der Waals surface area contributed by atoms with Gasteiger partial charge in [0.15, 0.2) is 0 Å². The van der Waals surface area contributed by atoms with Crippen LogP contribution in [0.3, 0.4) is 0 Å². The first-order chi connectivity index (χ1) is 9.65. The van der Waals surface area contributed by atoms with Gasteiger partial charge in [0.05, 0.1) is 10.3 Å². The molecule has 20 heavy (non-hydrogen) atoms. The Morgan fingerprint density at radius 2 is 2.15 bits per heavy atom. The van der Waals surface area contributed by atoms with Gasteiger partial charge < -0.3 is 4.74 Å². The molecule has 0 unspecified atom stereocenters. The summed E-state index contributed by atoms with van der Waals surface area (Å²) in [6, 6.07) is 6.01. The molecule has 3 rings (SSSR count). The van der Waals surface area contributed by atoms with Gasteiger partial charge in [-0.2, -0.15) is 0 Å². The number of fused-ring (bicyclic) bond motifs is 1. The van der Waals surface area contributed by atoms with Crippen LogP contribution < -0.4 is 4.74 Å². The number of hydrogen-bond acceptors (Lipinski definition) is 6. The van der Waals surface area contributed by atoms with Crippen LogP contribution in [0.4, 0.5) is 5.69 Å². The Morgan fingerprint density at radius 1 is 1.30 bits per heavy atom. The summed E-state index contributed by atoms with van der Waals surface area (Å²) in [6.45, 7) is 0. The number of ether oxygens (including phenoxy) is 1. The van der Waals surface area contributed by atoms with Gasteiger partial charge in [0.2, 0.25) is 11.6 Å². The smallest absolute Gasteiger partial charge is 0.313 e. The molecule has 0 aliphatic rings. The minimum Gasteiger partial charge on any atom is -0.431 e. The van der Waals surface area contributed by atoms with Crippen molar-refractivity contribution < 1.29 is 9.66 Å². The summed E-state index contributed by atoms with van der Waals surface area (Å²) >= 11 is 7.20. The number of thiophene rings is 1. The highest BCUT2D eigenvalue weighted by Gasteiger charge is 2.18. The van der Waals surface area contributed by atoms with Gasteiger partial charge in [-0.15, -0.1) is 11.3 Å². The lowest BCUT2D eigenvalue weighted by atomic mass is 10.3. The maximum Gasteiger partial charge on any atom is 0.313 e. The number of nitrogens with zero attached hydrogens (tertiary/aromatic N) is 3. The van der Waals surface area contributed by atoms with Crippen molar-refractivity contribution in [1.82, 2.24) is 9.97 Å². The molecule has 100 valence electrons. The predicted molar refractivity (Wildman–Crippen MR) is 75.6 cm³/mol. The van der Waals surface area contributed by atoms with Crippen LogP contribution in [-0.4, -0.2) is 14.9 Å². The molecule has 0 saturated heterocycles. The summed E-state index contributed by atoms with van der Waals surface area (Å²) in [5.74, 6) is 0.368. The molecule has 0 aliphatic carbocycles. The second-order valence-electron chi connectivity index (χ2n) is 3.79. The van der Waals surface area contributed by atoms with E-state index in [1.807, 2.05) is 5.38 Å². The van der Waals surface area contributed by atoms with Crippen molar-refractivity contribution in [3.8, 4) is 11.6 Å². The van der Waals surface area contributed by atoms with Crippen LogP contribution in [0.1, 0.15) is 0 Å². The Kier molecular flexibility index (Phi) is 3.21. The molecule has 0 atom stereocenters. The highest BCUT2D eigenvalue weighted by Crippen LogP contribution is 2.35. The fourth-order valence-corrected chi connectivity index (χ4v) is 2.56. The van der Waals surface area contributed by atoms with Gasteiger partial charge in [-0.25, -0.2) is 9.97 Å². The largest absolute Gasteiger partial charge is 0.431 e. The lowest BCUT2D eigenvalue weighted by Crippen LogP contribution is -1.95. The number of rotatable bonds is 3. The van der Waals surface area contributed by atoms with Crippen molar-refractivity contribution in [3.63, 3.8) is 0 Å². The van der Waals surface area contributed by atoms with Crippen molar-refractivity contribution in [1.29, 1.82) is 0 Å². The molecular formula is C12H6ClN3O3S. The third kappa shape index (κ3) is 2.28. The molecule has 0 fully saturated rings. The Hall–Kier alpha value is -2.25. The van der Waals surface area contributed by atoms with Gasteiger partial charge in [-0.3, -0.25) is 10.1 Å². The maximum absolute atomic E-state index is 11.0. The third-order valence-corrected chi connectivity index (χ3v) is 3.61. The van der Waals surface area contributed by atoms with Gasteiger partial charge in [-0.1, -0.05) is 11.6 Å². The molecule has 3 aromatic rings. The van der Waals surface area contributed by atoms with Gasteiger partial charge in [0.1, 0.15) is 11.2 Å². The van der Waals surface area contributed by atoms with E-state index in [2.05, 4.69) is 9.97 Å². The normalized spacial score (nSPS) is 10.7. The Morgan fingerprint density at radius 3 is 2.95 bits per heavy atom. The number of hydrogen-bond donors (Lipinski definition) is 0. The van der Waals surface area contributed by atoms with Crippen LogP contribution in [0.25, 0.3) is 10.2 Å². The lowest BCUT2D eigenvalue weighted by Gasteiger charge is -2.06. The fraction of sp³-hybridized carbons (Fsp3) is 0. The first-order valence-electron chi connectivity index (χ1n) is 5.45. The molecule has 0 bridgehead atoms. The number of halogens is 1. The molecular weight excluding hydrogens is 302 g/mol. The third-order valence-electron chi connectivity index (χ3n) is 2.55. The SMILES string of the molecule is O=[N+]([O-])c1cc(Cl)ccc1Oc1ncnc2sccc12. The number of nitro benzene ring substituents is 1. The molecule has 2 heterocycles. The summed E-state index contributed by atoms with van der Waals surface area (Å²) < 4.78 is 5.55. The second-order valence-corrected chi connectivity index (χ2v) is 5.12. The van der Waals surface area contributed by atoms with Gasteiger partial charge in [0.25, 0.3) is 0 Å². The molecule has 0 saturated carbocycles. The van der Waals surface area contributed by atoms with E-state index in [1.54, 1.807) is 6.07 Å². The van der Waals surface area contributed by atoms with E-state index in [0.717, 1.165) is 4.83 Å². The van der Waals surface area contributed by atoms with Crippen LogP contribution in [0.2, 0.25) is 5.02 Å². The Balaban J connectivity index is 2.07. The van der Waals surface area contributed by atoms with E-state index in [-0.39, 0.29) is 22.3 Å². The van der Waals surface area contributed by atoms with Crippen molar-refractivity contribution in [2.45, 2.75) is 0 Å². The Labute approximate surface area is 121 Å². The first-order valence-corrected chi connectivity index (χ1v) is 6.71. The number of aromatic nitrogens is 2. The summed E-state index contributed by atoms with van der Waals surface area (Å²) in [4.78, 5) is 19.3. The molecule has 8 heteroatoms. The fourth-order valence-electron chi connectivity index (χ4n) is 1.67. The second kappa shape index (κ2) is 5.03. The lowest BCUT2D eigenvalue weighted by molar-refractivity contribution is -0.385. The molecule has 0 spiro atoms. The zero-order valence-electron chi connectivity index (χ0n) is 9.82. The molecule has 0 N–H and O–H groups in total. The molecule has 1 aromatic carbocycles. The predicted octanol–water partition coefficient (Wildman–Crippen LogP) is 4.05. The van der Waals surface area contributed by atoms with Crippen LogP contribution >= 0.6 is 22.9 Å². The monoisotopic (exact) mass is 307 g/mol. The van der Waals surface area contributed by atoms with Gasteiger partial charge in [-0.05, 0) is 23.6 Å². The highest BCUT2D eigenvalue weighted by molar-refractivity contribution is 7.16. The summed E-state index contributed by atoms with van der Waals surface area (Å²) in [7, 11) is 0. The van der Waals surface area contributed by atoms with E-state index >= 15 is 0 Å². The standard InChI is InChI=1S/C12H6ClN3O3S/c13-7-1-2-10(9(5-7)16(17)18)19-11-8-3-4-20-12(8)15-6-14-11/h1-6H. The molecule has 0 aliphatic heterocycles. The topological polar surface area (TPSA) is 78.2 Å². The first kappa shape index (κ1) is 12.8. The highest BCUT2D eigenvalue weighted by atomic mass is 35.5. The van der Waals surface area contributed by atoms with Crippen LogP contribution in [0.15, 0.2) is 36.0 Å². The molecule has 0 amide bonds. The van der Waals surface area contributed by atoms with E-state index in [1.165, 1.54) is 35.9 Å². The average Bonchev–Trinajstić information content (AvgIpc) is 2.90. The van der Waals surface area contributed by atoms with Crippen LogP contribution in [0, 0.1) is 10.1 Å². The zero-order valence-corrected chi connectivity index (χ0v) is 11.4. The molecule has 2 aromatic heterocycles. The van der Waals surface area contributed by atoms with Crippen molar-refractivity contribution in [2.75, 3.05) is 0 Å². The Bertz CT molecular complexity index is 805. The number of nitro groups is 1. The summed E-state index contributed by atoms with van der Waals surface area (Å²) in [5.41, 5.74) is -0.209. The van der Waals surface area contributed by atoms with Crippen molar-refractivity contribution >= 4 is 38.8 Å². The van der Waals surface area contributed by atoms with E-state index in [9.17, 15) is 10.1 Å². The molecule has 6 nitrogen and oxygen atoms in total. The quantitative estimate of drug-likeness (QED) is 0.539. The maximum atomic E-state index is 11.0. The van der Waals surface area contributed by atoms with Gasteiger partial charge in [0, 0.05) is 11.1 Å². The van der Waals surface area contributed by atoms with Crippen LogP contribution in [0.5, 0.6) is 11.6 Å².